The molecular formula is C32H26F12NO6P. The second-order valence-electron chi connectivity index (χ2n) is 11.6. The number of fused-ring (bicyclic) bond motifs is 1. The summed E-state index contributed by atoms with van der Waals surface area (Å²) in [5.74, 6) is -0.796. The molecule has 2 heterocycles. The zero-order valence-electron chi connectivity index (χ0n) is 26.5. The molecule has 1 amide bonds. The van der Waals surface area contributed by atoms with Crippen LogP contribution >= 0.6 is 8.15 Å². The van der Waals surface area contributed by atoms with Crippen molar-refractivity contribution >= 4 is 24.7 Å². The molecule has 1 unspecified atom stereocenters. The minimum Gasteiger partial charge on any atom is -0.354 e. The maximum Gasteiger partial charge on any atom is 0.416 e. The predicted octanol–water partition coefficient (Wildman–Crippen LogP) is 7.48. The smallest absolute Gasteiger partial charge is 0.354 e. The highest BCUT2D eigenvalue weighted by molar-refractivity contribution is 7.68. The molecule has 7 nitrogen and oxygen atoms in total. The van der Waals surface area contributed by atoms with Gasteiger partial charge in [-0.15, -0.1) is 0 Å². The van der Waals surface area contributed by atoms with Crippen molar-refractivity contribution in [3.8, 4) is 0 Å². The number of methoxy groups -OCH3 is 1. The summed E-state index contributed by atoms with van der Waals surface area (Å²) in [6.45, 7) is 0.708. The van der Waals surface area contributed by atoms with Gasteiger partial charge in [0.15, 0.2) is 12.6 Å². The Morgan fingerprint density at radius 3 is 1.60 bits per heavy atom. The van der Waals surface area contributed by atoms with Crippen LogP contribution in [-0.2, 0) is 53.0 Å². The van der Waals surface area contributed by atoms with Crippen molar-refractivity contribution < 1.29 is 81.0 Å². The maximum atomic E-state index is 14.0. The van der Waals surface area contributed by atoms with Crippen LogP contribution in [0.15, 0.2) is 66.7 Å². The number of ether oxygens (including phenoxy) is 4. The van der Waals surface area contributed by atoms with Gasteiger partial charge in [-0.2, -0.15) is 52.7 Å². The number of rotatable bonds is 7. The summed E-state index contributed by atoms with van der Waals surface area (Å²) in [5, 5.41) is 0.306. The molecule has 2 aliphatic rings. The third-order valence-electron chi connectivity index (χ3n) is 7.85. The number of hydrogen-bond donors (Lipinski definition) is 1. The lowest BCUT2D eigenvalue weighted by molar-refractivity contribution is -0.337. The molecule has 0 spiro atoms. The van der Waals surface area contributed by atoms with E-state index in [1.54, 1.807) is 30.3 Å². The summed E-state index contributed by atoms with van der Waals surface area (Å²) in [5.41, 5.74) is -7.25. The number of hydrogen-bond acceptors (Lipinski definition) is 6. The Hall–Kier alpha value is -3.48. The fraction of sp³-hybridized carbons (Fsp3) is 0.406. The average molecular weight is 780 g/mol. The van der Waals surface area contributed by atoms with Crippen LogP contribution in [0.25, 0.3) is 0 Å². The van der Waals surface area contributed by atoms with E-state index in [1.165, 1.54) is 0 Å². The van der Waals surface area contributed by atoms with E-state index in [4.69, 9.17) is 23.5 Å². The van der Waals surface area contributed by atoms with E-state index in [1.807, 2.05) is 0 Å². The molecule has 3 aromatic rings. The SMILES string of the molecule is CO[C@@H]1O[C@@H]2COC(c3ccccc3)O[C@H]2[C@H](OP(c2cc(C(F)(F)F)cc(C(F)(F)F)c2)c2cc(C(F)(F)F)cc(C(F)(F)F)c2)[C@H]1NC(C)=O. The Bertz CT molecular complexity index is 1590. The molecule has 52 heavy (non-hydrogen) atoms. The molecule has 3 aromatic carbocycles. The number of carbonyl (C=O) groups excluding carboxylic acids is 1. The Morgan fingerprint density at radius 1 is 0.731 bits per heavy atom. The van der Waals surface area contributed by atoms with Gasteiger partial charge in [-0.3, -0.25) is 4.79 Å². The summed E-state index contributed by atoms with van der Waals surface area (Å²) >= 11 is 0. The molecular weight excluding hydrogens is 753 g/mol. The lowest BCUT2D eigenvalue weighted by Crippen LogP contribution is -2.67. The summed E-state index contributed by atoms with van der Waals surface area (Å²) < 4.78 is 197. The molecule has 2 saturated heterocycles. The van der Waals surface area contributed by atoms with Crippen molar-refractivity contribution in [2.45, 2.75) is 68.6 Å². The zero-order valence-corrected chi connectivity index (χ0v) is 27.3. The highest BCUT2D eigenvalue weighted by Crippen LogP contribution is 2.47. The number of amides is 1. The van der Waals surface area contributed by atoms with Gasteiger partial charge in [0.1, 0.15) is 24.4 Å². The molecule has 5 rings (SSSR count). The normalized spacial score (nSPS) is 24.4. The van der Waals surface area contributed by atoms with Gasteiger partial charge in [0.05, 0.1) is 37.0 Å². The van der Waals surface area contributed by atoms with Gasteiger partial charge in [-0.25, -0.2) is 0 Å². The van der Waals surface area contributed by atoms with E-state index in [9.17, 15) is 57.5 Å². The molecule has 6 atom stereocenters. The molecule has 2 fully saturated rings. The monoisotopic (exact) mass is 779 g/mol. The summed E-state index contributed by atoms with van der Waals surface area (Å²) in [7, 11) is -2.39. The van der Waals surface area contributed by atoms with Crippen molar-refractivity contribution in [3.63, 3.8) is 0 Å². The molecule has 1 N–H and O–H groups in total. The number of benzene rings is 3. The molecule has 0 aromatic heterocycles. The van der Waals surface area contributed by atoms with Crippen LogP contribution in [-0.4, -0.2) is 50.3 Å². The molecule has 2 aliphatic heterocycles. The van der Waals surface area contributed by atoms with Gasteiger partial charge in [-0.1, -0.05) is 30.3 Å². The Morgan fingerprint density at radius 2 is 1.19 bits per heavy atom. The van der Waals surface area contributed by atoms with Crippen molar-refractivity contribution in [2.24, 2.45) is 0 Å². The summed E-state index contributed by atoms with van der Waals surface area (Å²) in [4.78, 5) is 12.4. The molecule has 20 heteroatoms. The summed E-state index contributed by atoms with van der Waals surface area (Å²) in [6.07, 6.45) is -29.0. The third-order valence-corrected chi connectivity index (χ3v) is 9.76. The first-order chi connectivity index (χ1) is 24.1. The fourth-order valence-corrected chi connectivity index (χ4v) is 7.63. The Labute approximate surface area is 287 Å². The highest BCUT2D eigenvalue weighted by atomic mass is 31.1. The minimum atomic E-state index is -5.46. The van der Waals surface area contributed by atoms with Crippen LogP contribution in [0.4, 0.5) is 52.7 Å². The summed E-state index contributed by atoms with van der Waals surface area (Å²) in [6, 6.07) is 6.53. The van der Waals surface area contributed by atoms with Gasteiger partial charge in [0.2, 0.25) is 5.91 Å². The third kappa shape index (κ3) is 8.99. The van der Waals surface area contributed by atoms with Gasteiger partial charge in [0, 0.05) is 30.2 Å². The first-order valence-electron chi connectivity index (χ1n) is 14.9. The van der Waals surface area contributed by atoms with Crippen molar-refractivity contribution in [1.82, 2.24) is 5.32 Å². The second-order valence-corrected chi connectivity index (χ2v) is 13.4. The van der Waals surface area contributed by atoms with Crippen molar-refractivity contribution in [2.75, 3.05) is 13.7 Å². The van der Waals surface area contributed by atoms with Crippen molar-refractivity contribution in [1.29, 1.82) is 0 Å². The van der Waals surface area contributed by atoms with Crippen LogP contribution in [0.2, 0.25) is 0 Å². The van der Waals surface area contributed by atoms with E-state index in [-0.39, 0.29) is 43.0 Å². The van der Waals surface area contributed by atoms with E-state index < -0.39 is 109 Å². The standard InChI is InChI=1S/C32H26F12NO6P/c1-15(46)45-24-26(25-23(49-28(24)47-2)14-48-27(50-25)16-6-4-3-5-7-16)51-52(21-10-17(29(33,34)35)8-18(11-21)30(36,37)38)22-12-19(31(39,40)41)9-20(13-22)32(42,43)44/h3-13,23-28H,14H2,1-2H3,(H,45,46)/t23-,24-,25-,26-,27?,28-/m1/s1. The molecule has 0 aliphatic carbocycles. The minimum absolute atomic E-state index is 0.143. The van der Waals surface area contributed by atoms with Crippen LogP contribution < -0.4 is 15.9 Å². The fourth-order valence-electron chi connectivity index (χ4n) is 5.57. The number of alkyl halides is 12. The Kier molecular flexibility index (Phi) is 11.3. The largest absolute Gasteiger partial charge is 0.416 e. The van der Waals surface area contributed by atoms with Gasteiger partial charge in [0.25, 0.3) is 0 Å². The predicted molar refractivity (Wildman–Crippen MR) is 157 cm³/mol. The molecule has 0 saturated carbocycles. The van der Waals surface area contributed by atoms with E-state index in [0.29, 0.717) is 5.56 Å². The lowest BCUT2D eigenvalue weighted by atomic mass is 9.95. The van der Waals surface area contributed by atoms with E-state index in [0.717, 1.165) is 14.0 Å². The van der Waals surface area contributed by atoms with Crippen LogP contribution in [0, 0.1) is 0 Å². The first-order valence-corrected chi connectivity index (χ1v) is 16.2. The number of nitrogens with one attached hydrogen (secondary N) is 1. The number of halogens is 12. The van der Waals surface area contributed by atoms with Gasteiger partial charge < -0.3 is 28.8 Å². The number of carbonyl (C=O) groups is 1. The Balaban J connectivity index is 1.76. The van der Waals surface area contributed by atoms with Crippen molar-refractivity contribution in [3.05, 3.63) is 94.5 Å². The van der Waals surface area contributed by atoms with Crippen LogP contribution in [0.5, 0.6) is 0 Å². The van der Waals surface area contributed by atoms with E-state index >= 15 is 0 Å². The molecule has 0 radical (unpaired) electrons. The van der Waals surface area contributed by atoms with E-state index in [2.05, 4.69) is 5.32 Å². The quantitative estimate of drug-likeness (QED) is 0.198. The highest BCUT2D eigenvalue weighted by Gasteiger charge is 2.53. The zero-order chi connectivity index (χ0) is 38.4. The first kappa shape index (κ1) is 39.7. The van der Waals surface area contributed by atoms with Gasteiger partial charge >= 0.3 is 24.7 Å². The van der Waals surface area contributed by atoms with Crippen LogP contribution in [0.1, 0.15) is 41.0 Å². The second kappa shape index (κ2) is 14.7. The lowest BCUT2D eigenvalue weighted by Gasteiger charge is -2.49. The topological polar surface area (TPSA) is 75.2 Å². The average Bonchev–Trinajstić information content (AvgIpc) is 3.05. The van der Waals surface area contributed by atoms with Gasteiger partial charge in [-0.05, 0) is 36.4 Å². The maximum absolute atomic E-state index is 14.0. The molecule has 0 bridgehead atoms. The molecule has 284 valence electrons. The van der Waals surface area contributed by atoms with Crippen LogP contribution in [0.3, 0.4) is 0 Å².